The zero-order valence-corrected chi connectivity index (χ0v) is 7.76. The average molecular weight is 168 g/mol. The fraction of sp³-hybridized carbons (Fsp3) is 0.333. The van der Waals surface area contributed by atoms with E-state index in [1.165, 1.54) is 14.1 Å². The second-order valence-electron chi connectivity index (χ2n) is 3.08. The number of rotatable bonds is 2. The molecule has 0 spiro atoms. The van der Waals surface area contributed by atoms with Gasteiger partial charge in [-0.05, 0) is 6.92 Å². The van der Waals surface area contributed by atoms with Crippen LogP contribution in [0.2, 0.25) is 0 Å². The molecule has 0 atom stereocenters. The van der Waals surface area contributed by atoms with E-state index in [-0.39, 0.29) is 16.3 Å². The number of nitrogens with zero attached hydrogens (tertiary/aromatic N) is 1. The van der Waals surface area contributed by atoms with Crippen molar-refractivity contribution in [2.75, 3.05) is 14.1 Å². The average Bonchev–Trinajstić information content (AvgIpc) is 2.01. The van der Waals surface area contributed by atoms with Crippen LogP contribution in [0.1, 0.15) is 6.92 Å². The predicted octanol–water partition coefficient (Wildman–Crippen LogP) is 0.878. The molecule has 66 valence electrons. The Morgan fingerprint density at radius 2 is 1.75 bits per heavy atom. The molecular weight excluding hydrogens is 154 g/mol. The molecule has 0 aromatic heterocycles. The molecule has 0 N–H and O–H groups in total. The molecular formula is C9H14NO2+. The maximum absolute atomic E-state index is 11.4. The Kier molecular flexibility index (Phi) is 3.10. The van der Waals surface area contributed by atoms with Crippen molar-refractivity contribution in [2.24, 2.45) is 0 Å². The van der Waals surface area contributed by atoms with Crippen molar-refractivity contribution < 1.29 is 14.1 Å². The molecule has 0 aliphatic heterocycles. The minimum absolute atomic E-state index is 0.292. The molecule has 0 saturated carbocycles. The Labute approximate surface area is 72.6 Å². The lowest BCUT2D eigenvalue weighted by Gasteiger charge is -2.21. The van der Waals surface area contributed by atoms with Gasteiger partial charge in [-0.25, -0.2) is 9.59 Å². The van der Waals surface area contributed by atoms with Crippen molar-refractivity contribution in [3.8, 4) is 0 Å². The first kappa shape index (κ1) is 10.8. The van der Waals surface area contributed by atoms with Crippen LogP contribution in [0.5, 0.6) is 0 Å². The van der Waals surface area contributed by atoms with Gasteiger partial charge in [-0.3, -0.25) is 0 Å². The van der Waals surface area contributed by atoms with Gasteiger partial charge in [0, 0.05) is 11.6 Å². The lowest BCUT2D eigenvalue weighted by atomic mass is 10.2. The van der Waals surface area contributed by atoms with E-state index in [0.717, 1.165) is 6.08 Å². The van der Waals surface area contributed by atoms with Crippen LogP contribution < -0.4 is 0 Å². The van der Waals surface area contributed by atoms with E-state index in [2.05, 4.69) is 13.2 Å². The topological polar surface area (TPSA) is 34.1 Å². The van der Waals surface area contributed by atoms with Crippen LogP contribution in [0.15, 0.2) is 24.8 Å². The third-order valence-electron chi connectivity index (χ3n) is 1.60. The molecule has 2 amide bonds. The van der Waals surface area contributed by atoms with Gasteiger partial charge in [0.1, 0.15) is 0 Å². The van der Waals surface area contributed by atoms with E-state index >= 15 is 0 Å². The van der Waals surface area contributed by atoms with Gasteiger partial charge in [-0.1, -0.05) is 13.2 Å². The lowest BCUT2D eigenvalue weighted by Crippen LogP contribution is -2.49. The first-order chi connectivity index (χ1) is 5.34. The molecule has 3 nitrogen and oxygen atoms in total. The number of hydrogen-bond donors (Lipinski definition) is 0. The summed E-state index contributed by atoms with van der Waals surface area (Å²) < 4.78 is -0.348. The largest absolute Gasteiger partial charge is 0.348 e. The smallest absolute Gasteiger partial charge is 0.226 e. The summed E-state index contributed by atoms with van der Waals surface area (Å²) in [5.74, 6) is -0.622. The minimum Gasteiger partial charge on any atom is -0.226 e. The van der Waals surface area contributed by atoms with Crippen molar-refractivity contribution >= 4 is 11.8 Å². The Morgan fingerprint density at radius 1 is 1.33 bits per heavy atom. The van der Waals surface area contributed by atoms with Gasteiger partial charge >= 0.3 is 11.8 Å². The van der Waals surface area contributed by atoms with Crippen LogP contribution >= 0.6 is 0 Å². The molecule has 12 heavy (non-hydrogen) atoms. The lowest BCUT2D eigenvalue weighted by molar-refractivity contribution is -0.730. The fourth-order valence-corrected chi connectivity index (χ4v) is 0.805. The van der Waals surface area contributed by atoms with Crippen LogP contribution in [0.25, 0.3) is 0 Å². The molecule has 0 heterocycles. The molecule has 0 aromatic carbocycles. The molecule has 0 aliphatic carbocycles. The summed E-state index contributed by atoms with van der Waals surface area (Å²) in [7, 11) is 3.03. The standard InChI is InChI=1S/C9H14NO2/c1-6-8(11)10(4,5)9(12)7(2)3/h6H,1-2H2,3-5H3/q+1. The van der Waals surface area contributed by atoms with Crippen LogP contribution in [0.4, 0.5) is 0 Å². The molecule has 0 rings (SSSR count). The van der Waals surface area contributed by atoms with Crippen molar-refractivity contribution in [3.63, 3.8) is 0 Å². The fourth-order valence-electron chi connectivity index (χ4n) is 0.805. The summed E-state index contributed by atoms with van der Waals surface area (Å²) >= 11 is 0. The molecule has 0 fully saturated rings. The number of hydrogen-bond acceptors (Lipinski definition) is 2. The Hall–Kier alpha value is -1.22. The summed E-state index contributed by atoms with van der Waals surface area (Å²) in [6.45, 7) is 8.39. The highest BCUT2D eigenvalue weighted by Gasteiger charge is 2.33. The zero-order chi connectivity index (χ0) is 9.94. The normalized spacial score (nSPS) is 10.6. The van der Waals surface area contributed by atoms with E-state index in [1.807, 2.05) is 0 Å². The summed E-state index contributed by atoms with van der Waals surface area (Å²) in [5.41, 5.74) is 0.371. The molecule has 0 aromatic rings. The maximum Gasteiger partial charge on any atom is 0.348 e. The highest BCUT2D eigenvalue weighted by molar-refractivity contribution is 5.97. The van der Waals surface area contributed by atoms with Crippen molar-refractivity contribution in [2.45, 2.75) is 6.92 Å². The summed E-state index contributed by atoms with van der Waals surface area (Å²) in [6, 6.07) is 0. The zero-order valence-electron chi connectivity index (χ0n) is 7.76. The molecule has 0 radical (unpaired) electrons. The Morgan fingerprint density at radius 3 is 2.00 bits per heavy atom. The van der Waals surface area contributed by atoms with E-state index in [9.17, 15) is 9.59 Å². The second-order valence-corrected chi connectivity index (χ2v) is 3.08. The van der Waals surface area contributed by atoms with Gasteiger partial charge in [-0.15, -0.1) is 0 Å². The highest BCUT2D eigenvalue weighted by atomic mass is 16.2. The number of quaternary nitrogens is 1. The van der Waals surface area contributed by atoms with Gasteiger partial charge in [0.15, 0.2) is 0 Å². The van der Waals surface area contributed by atoms with Gasteiger partial charge in [0.2, 0.25) is 0 Å². The van der Waals surface area contributed by atoms with E-state index in [0.29, 0.717) is 5.57 Å². The third-order valence-corrected chi connectivity index (χ3v) is 1.60. The van der Waals surface area contributed by atoms with E-state index < -0.39 is 0 Å². The Bertz CT molecular complexity index is 251. The van der Waals surface area contributed by atoms with E-state index in [1.54, 1.807) is 6.92 Å². The van der Waals surface area contributed by atoms with E-state index in [4.69, 9.17) is 0 Å². The quantitative estimate of drug-likeness (QED) is 0.453. The number of carbonyl (C=O) groups is 2. The van der Waals surface area contributed by atoms with Crippen molar-refractivity contribution in [1.82, 2.24) is 0 Å². The SMILES string of the molecule is C=CC(=O)[N+](C)(C)C(=O)C(=C)C. The van der Waals surface area contributed by atoms with Gasteiger partial charge in [0.05, 0.1) is 14.1 Å². The first-order valence-corrected chi connectivity index (χ1v) is 3.55. The Balaban J connectivity index is 4.84. The second kappa shape index (κ2) is 3.45. The van der Waals surface area contributed by atoms with Crippen LogP contribution in [-0.4, -0.2) is 30.4 Å². The summed E-state index contributed by atoms with van der Waals surface area (Å²) in [6.07, 6.45) is 1.14. The summed E-state index contributed by atoms with van der Waals surface area (Å²) in [5, 5.41) is 0. The van der Waals surface area contributed by atoms with Gasteiger partial charge < -0.3 is 0 Å². The van der Waals surface area contributed by atoms with Crippen molar-refractivity contribution in [3.05, 3.63) is 24.8 Å². The minimum atomic E-state index is -0.348. The van der Waals surface area contributed by atoms with Crippen molar-refractivity contribution in [1.29, 1.82) is 0 Å². The molecule has 3 heteroatoms. The van der Waals surface area contributed by atoms with Crippen LogP contribution in [0.3, 0.4) is 0 Å². The monoisotopic (exact) mass is 168 g/mol. The molecule has 0 unspecified atom stereocenters. The van der Waals surface area contributed by atoms with Gasteiger partial charge in [0.25, 0.3) is 0 Å². The van der Waals surface area contributed by atoms with Crippen LogP contribution in [-0.2, 0) is 9.59 Å². The maximum atomic E-state index is 11.4. The number of carbonyl (C=O) groups excluding carboxylic acids is 2. The number of amides is 2. The number of likely N-dealkylation sites (N-methyl/N-ethyl adjacent to an activating group) is 1. The molecule has 0 aliphatic rings. The van der Waals surface area contributed by atoms with Gasteiger partial charge in [-0.2, -0.15) is 4.48 Å². The third kappa shape index (κ3) is 1.89. The highest BCUT2D eigenvalue weighted by Crippen LogP contribution is 2.06. The summed E-state index contributed by atoms with van der Waals surface area (Å²) in [4.78, 5) is 22.5. The van der Waals surface area contributed by atoms with Crippen LogP contribution in [0, 0.1) is 0 Å². The molecule has 0 bridgehead atoms. The molecule has 0 saturated heterocycles. The predicted molar refractivity (Wildman–Crippen MR) is 47.1 cm³/mol. The first-order valence-electron chi connectivity index (χ1n) is 3.55. The number of imide groups is 1.